The Morgan fingerprint density at radius 1 is 1.59 bits per heavy atom. The number of nitrogens with one attached hydrogen (secondary N) is 1. The first-order valence-electron chi connectivity index (χ1n) is 5.39. The van der Waals surface area contributed by atoms with E-state index in [1.165, 1.54) is 12.1 Å². The van der Waals surface area contributed by atoms with Crippen LogP contribution < -0.4 is 11.1 Å². The summed E-state index contributed by atoms with van der Waals surface area (Å²) >= 11 is 5.63. The van der Waals surface area contributed by atoms with Gasteiger partial charge in [0.15, 0.2) is 0 Å². The zero-order valence-corrected chi connectivity index (χ0v) is 10.6. The maximum absolute atomic E-state index is 13.5. The highest BCUT2D eigenvalue weighted by Crippen LogP contribution is 2.24. The maximum Gasteiger partial charge on any atom is 0.231 e. The fraction of sp³-hybridized carbons (Fsp3) is 0.417. The van der Waals surface area contributed by atoms with Crippen LogP contribution in [0.4, 0.5) is 10.1 Å². The summed E-state index contributed by atoms with van der Waals surface area (Å²) in [6.07, 6.45) is 0.588. The second kappa shape index (κ2) is 5.47. The molecule has 1 rings (SSSR count). The first-order valence-corrected chi connectivity index (χ1v) is 5.77. The zero-order chi connectivity index (χ0) is 13.1. The summed E-state index contributed by atoms with van der Waals surface area (Å²) in [6, 6.07) is 4.11. The monoisotopic (exact) mass is 258 g/mol. The highest BCUT2D eigenvalue weighted by Gasteiger charge is 2.30. The van der Waals surface area contributed by atoms with Crippen molar-refractivity contribution < 1.29 is 9.18 Å². The van der Waals surface area contributed by atoms with Gasteiger partial charge in [-0.25, -0.2) is 4.39 Å². The number of amides is 1. The summed E-state index contributed by atoms with van der Waals surface area (Å²) < 4.78 is 13.5. The van der Waals surface area contributed by atoms with E-state index in [1.807, 2.05) is 6.92 Å². The van der Waals surface area contributed by atoms with Crippen LogP contribution in [-0.2, 0) is 4.79 Å². The quantitative estimate of drug-likeness (QED) is 0.873. The molecule has 0 saturated heterocycles. The third kappa shape index (κ3) is 3.17. The molecular weight excluding hydrogens is 243 g/mol. The Hall–Kier alpha value is -1.13. The Kier molecular flexibility index (Phi) is 4.48. The van der Waals surface area contributed by atoms with Gasteiger partial charge in [-0.15, -0.1) is 0 Å². The Morgan fingerprint density at radius 2 is 2.24 bits per heavy atom. The van der Waals surface area contributed by atoms with E-state index in [0.717, 1.165) is 6.07 Å². The highest BCUT2D eigenvalue weighted by molar-refractivity contribution is 6.30. The lowest BCUT2D eigenvalue weighted by Crippen LogP contribution is -2.39. The van der Waals surface area contributed by atoms with Gasteiger partial charge in [0, 0.05) is 11.6 Å². The molecule has 0 aliphatic carbocycles. The molecule has 1 amide bonds. The maximum atomic E-state index is 13.5. The molecule has 0 aromatic heterocycles. The van der Waals surface area contributed by atoms with Crippen molar-refractivity contribution in [3.05, 3.63) is 29.0 Å². The smallest absolute Gasteiger partial charge is 0.231 e. The number of rotatable bonds is 4. The van der Waals surface area contributed by atoms with Crippen LogP contribution in [0.5, 0.6) is 0 Å². The van der Waals surface area contributed by atoms with Gasteiger partial charge in [-0.1, -0.05) is 18.5 Å². The fourth-order valence-electron chi connectivity index (χ4n) is 1.26. The van der Waals surface area contributed by atoms with Crippen LogP contribution >= 0.6 is 11.6 Å². The molecule has 0 aliphatic heterocycles. The van der Waals surface area contributed by atoms with E-state index in [1.54, 1.807) is 6.92 Å². The summed E-state index contributed by atoms with van der Waals surface area (Å²) in [5.41, 5.74) is 4.99. The highest BCUT2D eigenvalue weighted by atomic mass is 35.5. The SMILES string of the molecule is CCC(C)(CN)C(=O)Nc1ccc(Cl)cc1F. The van der Waals surface area contributed by atoms with Gasteiger partial charge in [-0.2, -0.15) is 0 Å². The van der Waals surface area contributed by atoms with E-state index in [4.69, 9.17) is 17.3 Å². The molecule has 1 unspecified atom stereocenters. The minimum absolute atomic E-state index is 0.118. The van der Waals surface area contributed by atoms with Gasteiger partial charge in [0.2, 0.25) is 5.91 Å². The minimum atomic E-state index is -0.688. The number of hydrogen-bond acceptors (Lipinski definition) is 2. The summed E-state index contributed by atoms with van der Waals surface area (Å²) in [4.78, 5) is 11.9. The molecule has 0 radical (unpaired) electrons. The molecule has 5 heteroatoms. The van der Waals surface area contributed by atoms with Crippen molar-refractivity contribution in [2.75, 3.05) is 11.9 Å². The van der Waals surface area contributed by atoms with Crippen LogP contribution in [0.1, 0.15) is 20.3 Å². The molecule has 1 aromatic carbocycles. The number of benzene rings is 1. The van der Waals surface area contributed by atoms with Crippen molar-refractivity contribution in [2.24, 2.45) is 11.1 Å². The predicted octanol–water partition coefficient (Wildman–Crippen LogP) is 2.79. The lowest BCUT2D eigenvalue weighted by atomic mass is 9.86. The van der Waals surface area contributed by atoms with Crippen LogP contribution in [0.3, 0.4) is 0 Å². The summed E-state index contributed by atoms with van der Waals surface area (Å²) in [5, 5.41) is 2.82. The van der Waals surface area contributed by atoms with Gasteiger partial charge in [0.1, 0.15) is 5.82 Å². The molecule has 1 atom stereocenters. The summed E-state index contributed by atoms with van der Waals surface area (Å²) in [6.45, 7) is 3.82. The second-order valence-electron chi connectivity index (χ2n) is 4.20. The zero-order valence-electron chi connectivity index (χ0n) is 9.89. The van der Waals surface area contributed by atoms with Gasteiger partial charge < -0.3 is 11.1 Å². The normalized spacial score (nSPS) is 14.2. The van der Waals surface area contributed by atoms with Crippen molar-refractivity contribution >= 4 is 23.2 Å². The number of anilines is 1. The van der Waals surface area contributed by atoms with Crippen molar-refractivity contribution in [3.8, 4) is 0 Å². The molecule has 94 valence electrons. The van der Waals surface area contributed by atoms with E-state index in [2.05, 4.69) is 5.32 Å². The summed E-state index contributed by atoms with van der Waals surface area (Å²) in [5.74, 6) is -0.843. The average Bonchev–Trinajstić information content (AvgIpc) is 2.31. The lowest BCUT2D eigenvalue weighted by molar-refractivity contribution is -0.124. The minimum Gasteiger partial charge on any atom is -0.329 e. The second-order valence-corrected chi connectivity index (χ2v) is 4.63. The first kappa shape index (κ1) is 13.9. The Morgan fingerprint density at radius 3 is 2.71 bits per heavy atom. The van der Waals surface area contributed by atoms with E-state index in [-0.39, 0.29) is 23.2 Å². The molecule has 3 N–H and O–H groups in total. The van der Waals surface area contributed by atoms with E-state index in [9.17, 15) is 9.18 Å². The molecule has 0 fully saturated rings. The standard InChI is InChI=1S/C12H16ClFN2O/c1-3-12(2,7-15)11(17)16-10-5-4-8(13)6-9(10)14/h4-6H,3,7,15H2,1-2H3,(H,16,17). The molecule has 0 heterocycles. The lowest BCUT2D eigenvalue weighted by Gasteiger charge is -2.25. The Balaban J connectivity index is 2.88. The number of carbonyl (C=O) groups is 1. The van der Waals surface area contributed by atoms with Gasteiger partial charge in [0.25, 0.3) is 0 Å². The van der Waals surface area contributed by atoms with E-state index < -0.39 is 11.2 Å². The van der Waals surface area contributed by atoms with E-state index >= 15 is 0 Å². The number of halogens is 2. The molecule has 0 aliphatic rings. The number of nitrogens with two attached hydrogens (primary N) is 1. The molecule has 0 saturated carbocycles. The molecule has 0 spiro atoms. The van der Waals surface area contributed by atoms with Gasteiger partial charge >= 0.3 is 0 Å². The van der Waals surface area contributed by atoms with Crippen LogP contribution in [0.2, 0.25) is 5.02 Å². The van der Waals surface area contributed by atoms with Gasteiger partial charge in [-0.3, -0.25) is 4.79 Å². The van der Waals surface area contributed by atoms with Crippen LogP contribution in [0.25, 0.3) is 0 Å². The molecular formula is C12H16ClFN2O. The first-order chi connectivity index (χ1) is 7.92. The van der Waals surface area contributed by atoms with E-state index in [0.29, 0.717) is 6.42 Å². The number of hydrogen-bond donors (Lipinski definition) is 2. The van der Waals surface area contributed by atoms with Crippen molar-refractivity contribution in [1.82, 2.24) is 0 Å². The van der Waals surface area contributed by atoms with Gasteiger partial charge in [0.05, 0.1) is 11.1 Å². The fourth-order valence-corrected chi connectivity index (χ4v) is 1.42. The largest absolute Gasteiger partial charge is 0.329 e. The molecule has 0 bridgehead atoms. The summed E-state index contributed by atoms with van der Waals surface area (Å²) in [7, 11) is 0. The Labute approximate surface area is 105 Å². The van der Waals surface area contributed by atoms with Crippen LogP contribution in [0, 0.1) is 11.2 Å². The number of carbonyl (C=O) groups excluding carboxylic acids is 1. The van der Waals surface area contributed by atoms with Crippen molar-refractivity contribution in [3.63, 3.8) is 0 Å². The van der Waals surface area contributed by atoms with Gasteiger partial charge in [-0.05, 0) is 31.5 Å². The van der Waals surface area contributed by atoms with Crippen LogP contribution in [0.15, 0.2) is 18.2 Å². The third-order valence-corrected chi connectivity index (χ3v) is 3.19. The molecule has 17 heavy (non-hydrogen) atoms. The van der Waals surface area contributed by atoms with Crippen molar-refractivity contribution in [1.29, 1.82) is 0 Å². The topological polar surface area (TPSA) is 55.1 Å². The predicted molar refractivity (Wildman–Crippen MR) is 67.5 cm³/mol. The van der Waals surface area contributed by atoms with Crippen LogP contribution in [-0.4, -0.2) is 12.5 Å². The molecule has 1 aromatic rings. The van der Waals surface area contributed by atoms with Crippen molar-refractivity contribution in [2.45, 2.75) is 20.3 Å². The average molecular weight is 259 g/mol. The molecule has 3 nitrogen and oxygen atoms in total. The third-order valence-electron chi connectivity index (χ3n) is 2.96. The Bertz CT molecular complexity index is 419.